The molecule has 2 N–H and O–H groups in total. The van der Waals surface area contributed by atoms with Gasteiger partial charge in [-0.15, -0.1) is 0 Å². The molecule has 3 atom stereocenters. The van der Waals surface area contributed by atoms with Gasteiger partial charge in [-0.3, -0.25) is 0 Å². The molecule has 0 saturated carbocycles. The largest absolute Gasteiger partial charge is 0.376 e. The molecule has 146 valence electrons. The first-order valence-corrected chi connectivity index (χ1v) is 10.6. The molecule has 0 radical (unpaired) electrons. The van der Waals surface area contributed by atoms with Crippen molar-refractivity contribution in [3.63, 3.8) is 0 Å². The lowest BCUT2D eigenvalue weighted by molar-refractivity contribution is -0.693. The molecule has 1 fully saturated rings. The molecule has 2 nitrogen and oxygen atoms in total. The van der Waals surface area contributed by atoms with Gasteiger partial charge in [0.25, 0.3) is 0 Å². The number of hydrogen-bond acceptors (Lipinski definition) is 1. The van der Waals surface area contributed by atoms with Crippen molar-refractivity contribution in [1.82, 2.24) is 0 Å². The Morgan fingerprint density at radius 2 is 1.70 bits per heavy atom. The van der Waals surface area contributed by atoms with E-state index in [0.717, 1.165) is 18.4 Å². The van der Waals surface area contributed by atoms with Crippen molar-refractivity contribution in [2.24, 2.45) is 11.8 Å². The van der Waals surface area contributed by atoms with E-state index < -0.39 is 0 Å². The summed E-state index contributed by atoms with van der Waals surface area (Å²) in [6.45, 7) is 8.92. The molecule has 0 bridgehead atoms. The number of quaternary nitrogens is 1. The van der Waals surface area contributed by atoms with Crippen LogP contribution in [0.4, 0.5) is 0 Å². The molecule has 1 saturated heterocycles. The average Bonchev–Trinajstić information content (AvgIpc) is 2.68. The smallest absolute Gasteiger partial charge is 0.109 e. The molecule has 0 amide bonds. The van der Waals surface area contributed by atoms with Gasteiger partial charge in [0, 0.05) is 12.2 Å². The summed E-state index contributed by atoms with van der Waals surface area (Å²) in [6, 6.07) is 22.4. The van der Waals surface area contributed by atoms with Crippen molar-refractivity contribution in [2.45, 2.75) is 58.1 Å². The summed E-state index contributed by atoms with van der Waals surface area (Å²) in [5.41, 5.74) is 2.92. The van der Waals surface area contributed by atoms with Crippen LogP contribution >= 0.6 is 0 Å². The molecular formula is C25H36NO+. The second-order valence-corrected chi connectivity index (χ2v) is 8.82. The van der Waals surface area contributed by atoms with Crippen molar-refractivity contribution in [2.75, 3.05) is 13.2 Å². The fraction of sp³-hybridized carbons (Fsp3) is 0.520. The van der Waals surface area contributed by atoms with Gasteiger partial charge in [-0.1, -0.05) is 60.7 Å². The predicted octanol–water partition coefficient (Wildman–Crippen LogP) is 4.77. The Balaban J connectivity index is 1.61. The van der Waals surface area contributed by atoms with E-state index >= 15 is 0 Å². The molecule has 1 aliphatic rings. The maximum atomic E-state index is 5.99. The van der Waals surface area contributed by atoms with Gasteiger partial charge in [0.2, 0.25) is 0 Å². The maximum absolute atomic E-state index is 5.99. The van der Waals surface area contributed by atoms with Crippen LogP contribution in [0.25, 0.3) is 0 Å². The van der Waals surface area contributed by atoms with Gasteiger partial charge in [0.15, 0.2) is 0 Å². The Morgan fingerprint density at radius 1 is 1.04 bits per heavy atom. The summed E-state index contributed by atoms with van der Waals surface area (Å²) in [4.78, 5) is 0. The highest BCUT2D eigenvalue weighted by Gasteiger charge is 2.33. The Labute approximate surface area is 165 Å². The van der Waals surface area contributed by atoms with Crippen LogP contribution in [-0.2, 0) is 11.2 Å². The van der Waals surface area contributed by atoms with Crippen molar-refractivity contribution in [1.29, 1.82) is 0 Å². The summed E-state index contributed by atoms with van der Waals surface area (Å²) in [5, 5.41) is 2.51. The summed E-state index contributed by atoms with van der Waals surface area (Å²) >= 11 is 0. The highest BCUT2D eigenvalue weighted by atomic mass is 16.5. The topological polar surface area (TPSA) is 25.8 Å². The van der Waals surface area contributed by atoms with Crippen molar-refractivity contribution in [3.05, 3.63) is 71.8 Å². The van der Waals surface area contributed by atoms with Gasteiger partial charge in [-0.05, 0) is 63.9 Å². The first-order valence-electron chi connectivity index (χ1n) is 10.6. The lowest BCUT2D eigenvalue weighted by Crippen LogP contribution is -2.84. The molecule has 0 unspecified atom stereocenters. The van der Waals surface area contributed by atoms with Crippen LogP contribution in [0.3, 0.4) is 0 Å². The Bertz CT molecular complexity index is 667. The third kappa shape index (κ3) is 6.19. The van der Waals surface area contributed by atoms with E-state index in [1.165, 1.54) is 43.4 Å². The lowest BCUT2D eigenvalue weighted by Gasteiger charge is -2.39. The molecule has 1 heterocycles. The third-order valence-electron chi connectivity index (χ3n) is 6.13. The maximum Gasteiger partial charge on any atom is 0.109 e. The highest BCUT2D eigenvalue weighted by Crippen LogP contribution is 2.36. The summed E-state index contributed by atoms with van der Waals surface area (Å²) in [5.74, 6) is 1.49. The van der Waals surface area contributed by atoms with Crippen molar-refractivity contribution in [3.8, 4) is 0 Å². The molecule has 27 heavy (non-hydrogen) atoms. The van der Waals surface area contributed by atoms with Gasteiger partial charge >= 0.3 is 0 Å². The molecule has 2 aromatic rings. The fourth-order valence-electron chi connectivity index (χ4n) is 4.56. The van der Waals surface area contributed by atoms with Crippen LogP contribution in [0.2, 0.25) is 0 Å². The zero-order chi connectivity index (χ0) is 19.1. The molecule has 0 spiro atoms. The van der Waals surface area contributed by atoms with E-state index in [1.54, 1.807) is 0 Å². The van der Waals surface area contributed by atoms with Gasteiger partial charge < -0.3 is 10.1 Å². The third-order valence-corrected chi connectivity index (χ3v) is 6.13. The van der Waals surface area contributed by atoms with Gasteiger partial charge in [-0.2, -0.15) is 0 Å². The van der Waals surface area contributed by atoms with Crippen LogP contribution in [-0.4, -0.2) is 18.8 Å². The van der Waals surface area contributed by atoms with E-state index in [4.69, 9.17) is 4.74 Å². The molecule has 0 aromatic heterocycles. The Hall–Kier alpha value is -1.64. The number of nitrogens with two attached hydrogens (primary N) is 1. The normalized spacial score (nSPS) is 21.5. The molecule has 2 aromatic carbocycles. The number of rotatable bonds is 8. The van der Waals surface area contributed by atoms with Crippen LogP contribution in [0.15, 0.2) is 60.7 Å². The van der Waals surface area contributed by atoms with Crippen LogP contribution in [0.1, 0.15) is 57.2 Å². The Morgan fingerprint density at radius 3 is 2.37 bits per heavy atom. The summed E-state index contributed by atoms with van der Waals surface area (Å²) in [6.07, 6.45) is 4.84. The van der Waals surface area contributed by atoms with E-state index in [9.17, 15) is 0 Å². The van der Waals surface area contributed by atoms with Crippen molar-refractivity contribution >= 4 is 0 Å². The average molecular weight is 367 g/mol. The standard InChI is InChI=1S/C25H35NO/c1-20(22-12-8-5-9-13-22)26-16-14-23(18-21-10-6-4-7-11-21)24-15-17-27-25(2,3)19-24/h4-13,20,23-24,26H,14-19H2,1-3H3/p+1/t20-,23+,24-/m1/s1. The zero-order valence-electron chi connectivity index (χ0n) is 17.2. The van der Waals surface area contributed by atoms with E-state index in [2.05, 4.69) is 86.8 Å². The molecule has 1 aliphatic heterocycles. The summed E-state index contributed by atoms with van der Waals surface area (Å²) < 4.78 is 5.99. The predicted molar refractivity (Wildman–Crippen MR) is 113 cm³/mol. The number of benzene rings is 2. The molecular weight excluding hydrogens is 330 g/mol. The highest BCUT2D eigenvalue weighted by molar-refractivity contribution is 5.16. The fourth-order valence-corrected chi connectivity index (χ4v) is 4.56. The minimum atomic E-state index is 0.0267. The van der Waals surface area contributed by atoms with E-state index in [1.807, 2.05) is 0 Å². The zero-order valence-corrected chi connectivity index (χ0v) is 17.2. The Kier molecular flexibility index (Phi) is 7.09. The SMILES string of the molecule is C[C@@H]([NH2+]CC[C@@H](Cc1ccccc1)[C@@H]1CCOC(C)(C)C1)c1ccccc1. The lowest BCUT2D eigenvalue weighted by atomic mass is 9.75. The molecule has 0 aliphatic carbocycles. The van der Waals surface area contributed by atoms with Gasteiger partial charge in [0.05, 0.1) is 12.1 Å². The molecule has 2 heteroatoms. The number of ether oxygens (including phenoxy) is 1. The second-order valence-electron chi connectivity index (χ2n) is 8.82. The van der Waals surface area contributed by atoms with Crippen LogP contribution in [0, 0.1) is 11.8 Å². The van der Waals surface area contributed by atoms with Crippen LogP contribution < -0.4 is 5.32 Å². The van der Waals surface area contributed by atoms with Gasteiger partial charge in [-0.25, -0.2) is 0 Å². The van der Waals surface area contributed by atoms with Crippen LogP contribution in [0.5, 0.6) is 0 Å². The minimum absolute atomic E-state index is 0.0267. The quantitative estimate of drug-likeness (QED) is 0.716. The van der Waals surface area contributed by atoms with E-state index in [-0.39, 0.29) is 5.60 Å². The van der Waals surface area contributed by atoms with Crippen molar-refractivity contribution < 1.29 is 10.1 Å². The number of hydrogen-bond donors (Lipinski definition) is 1. The first-order chi connectivity index (χ1) is 13.0. The molecule has 3 rings (SSSR count). The minimum Gasteiger partial charge on any atom is -0.376 e. The van der Waals surface area contributed by atoms with E-state index in [0.29, 0.717) is 6.04 Å². The van der Waals surface area contributed by atoms with Gasteiger partial charge in [0.1, 0.15) is 6.04 Å². The summed E-state index contributed by atoms with van der Waals surface area (Å²) in [7, 11) is 0. The second kappa shape index (κ2) is 9.52. The monoisotopic (exact) mass is 366 g/mol. The first kappa shape index (κ1) is 20.1.